The Morgan fingerprint density at radius 1 is 0.682 bits per heavy atom. The summed E-state index contributed by atoms with van der Waals surface area (Å²) in [7, 11) is 0. The lowest BCUT2D eigenvalue weighted by atomic mass is 10.0. The number of carboxylic acid groups (broad SMARTS) is 3. The van der Waals surface area contributed by atoms with Crippen molar-refractivity contribution in [1.82, 2.24) is 10.2 Å². The van der Waals surface area contributed by atoms with Crippen LogP contribution in [0.5, 0.6) is 0 Å². The van der Waals surface area contributed by atoms with Gasteiger partial charge in [-0.05, 0) is 37.3 Å². The van der Waals surface area contributed by atoms with Gasteiger partial charge in [-0.15, -0.1) is 0 Å². The molecule has 1 aromatic rings. The number of hydrogen-bond donors (Lipinski definition) is 4. The fourth-order valence-electron chi connectivity index (χ4n) is 5.08. The molecule has 0 aromatic heterocycles. The van der Waals surface area contributed by atoms with Crippen LogP contribution >= 0.6 is 0 Å². The maximum atomic E-state index is 13.1. The number of carbonyl (C=O) groups excluding carboxylic acids is 2. The summed E-state index contributed by atoms with van der Waals surface area (Å²) >= 11 is 0. The molecule has 10 nitrogen and oxygen atoms in total. The van der Waals surface area contributed by atoms with Crippen molar-refractivity contribution in [1.29, 1.82) is 0 Å². The zero-order valence-corrected chi connectivity index (χ0v) is 26.6. The summed E-state index contributed by atoms with van der Waals surface area (Å²) in [5.41, 5.74) is 1.10. The average molecular weight is 619 g/mol. The predicted molar refractivity (Wildman–Crippen MR) is 169 cm³/mol. The van der Waals surface area contributed by atoms with Crippen molar-refractivity contribution in [2.75, 3.05) is 13.1 Å². The highest BCUT2D eigenvalue weighted by molar-refractivity contribution is 5.95. The minimum Gasteiger partial charge on any atom is -0.481 e. The van der Waals surface area contributed by atoms with Crippen molar-refractivity contribution in [3.8, 4) is 0 Å². The number of nitrogens with zero attached hydrogens (tertiary/aromatic N) is 1. The number of benzene rings is 1. The third-order valence-corrected chi connectivity index (χ3v) is 7.87. The quantitative estimate of drug-likeness (QED) is 0.0796. The van der Waals surface area contributed by atoms with Gasteiger partial charge in [0, 0.05) is 38.0 Å². The van der Waals surface area contributed by atoms with Gasteiger partial charge in [-0.3, -0.25) is 24.0 Å². The summed E-state index contributed by atoms with van der Waals surface area (Å²) in [5.74, 6) is -3.33. The number of hydrogen-bond acceptors (Lipinski definition) is 5. The molecule has 0 aliphatic carbocycles. The van der Waals surface area contributed by atoms with Gasteiger partial charge in [0.1, 0.15) is 0 Å². The second kappa shape index (κ2) is 24.0. The monoisotopic (exact) mass is 618 g/mol. The van der Waals surface area contributed by atoms with Crippen LogP contribution in [0.25, 0.3) is 0 Å². The average Bonchev–Trinajstić information content (AvgIpc) is 2.98. The van der Waals surface area contributed by atoms with Crippen LogP contribution in [0.2, 0.25) is 0 Å². The fourth-order valence-corrected chi connectivity index (χ4v) is 5.08. The Morgan fingerprint density at radius 2 is 1.20 bits per heavy atom. The van der Waals surface area contributed by atoms with E-state index in [2.05, 4.69) is 5.32 Å². The molecule has 248 valence electrons. The minimum atomic E-state index is -0.982. The second-order valence-electron chi connectivity index (χ2n) is 11.7. The van der Waals surface area contributed by atoms with Crippen LogP contribution in [0.4, 0.5) is 0 Å². The molecular formula is C34H54N2O8. The highest BCUT2D eigenvalue weighted by Crippen LogP contribution is 2.17. The van der Waals surface area contributed by atoms with Gasteiger partial charge >= 0.3 is 17.9 Å². The SMILES string of the molecule is C[C@@H](CCCCNC(=O)c1ccccc1CN(CCC(=O)O)C(=O)CCCCCCCCCCCCCCC(=O)O)C(=O)O. The molecule has 0 radical (unpaired) electrons. The number of carbonyl (C=O) groups is 5. The first-order valence-electron chi connectivity index (χ1n) is 16.4. The smallest absolute Gasteiger partial charge is 0.306 e. The van der Waals surface area contributed by atoms with Crippen molar-refractivity contribution in [3.63, 3.8) is 0 Å². The lowest BCUT2D eigenvalue weighted by Crippen LogP contribution is -2.34. The largest absolute Gasteiger partial charge is 0.481 e. The van der Waals surface area contributed by atoms with E-state index in [1.54, 1.807) is 31.2 Å². The molecule has 0 aliphatic heterocycles. The maximum Gasteiger partial charge on any atom is 0.306 e. The van der Waals surface area contributed by atoms with Crippen molar-refractivity contribution in [3.05, 3.63) is 35.4 Å². The van der Waals surface area contributed by atoms with E-state index in [4.69, 9.17) is 10.2 Å². The molecule has 0 heterocycles. The van der Waals surface area contributed by atoms with E-state index in [-0.39, 0.29) is 37.7 Å². The molecule has 0 saturated heterocycles. The molecule has 0 unspecified atom stereocenters. The van der Waals surface area contributed by atoms with Gasteiger partial charge in [0.05, 0.1) is 12.3 Å². The third-order valence-electron chi connectivity index (χ3n) is 7.87. The predicted octanol–water partition coefficient (Wildman–Crippen LogP) is 6.66. The van der Waals surface area contributed by atoms with E-state index in [0.29, 0.717) is 43.4 Å². The molecule has 1 rings (SSSR count). The van der Waals surface area contributed by atoms with E-state index < -0.39 is 23.8 Å². The van der Waals surface area contributed by atoms with Gasteiger partial charge in [-0.2, -0.15) is 0 Å². The molecule has 0 saturated carbocycles. The molecule has 0 bridgehead atoms. The van der Waals surface area contributed by atoms with Gasteiger partial charge in [0.15, 0.2) is 0 Å². The summed E-state index contributed by atoms with van der Waals surface area (Å²) in [6.45, 7) is 2.31. The van der Waals surface area contributed by atoms with Crippen LogP contribution < -0.4 is 5.32 Å². The molecule has 1 atom stereocenters. The molecular weight excluding hydrogens is 564 g/mol. The Morgan fingerprint density at radius 3 is 1.75 bits per heavy atom. The van der Waals surface area contributed by atoms with Crippen molar-refractivity contribution in [2.24, 2.45) is 5.92 Å². The summed E-state index contributed by atoms with van der Waals surface area (Å²) in [5, 5.41) is 29.7. The van der Waals surface area contributed by atoms with E-state index in [0.717, 1.165) is 57.8 Å². The normalized spacial score (nSPS) is 11.6. The van der Waals surface area contributed by atoms with Crippen LogP contribution in [-0.2, 0) is 25.7 Å². The van der Waals surface area contributed by atoms with Crippen molar-refractivity contribution in [2.45, 2.75) is 129 Å². The first-order chi connectivity index (χ1) is 21.1. The summed E-state index contributed by atoms with van der Waals surface area (Å²) in [6.07, 6.45) is 14.9. The second-order valence-corrected chi connectivity index (χ2v) is 11.7. The third kappa shape index (κ3) is 19.0. The molecule has 1 aromatic carbocycles. The standard InChI is InChI=1S/C34H54N2O8/c1-27(34(43)44)18-16-17-24-35-33(42)29-20-15-14-19-28(29)26-36(25-23-32(40)41)30(37)21-12-10-8-6-4-2-3-5-7-9-11-13-22-31(38)39/h14-15,19-20,27H,2-13,16-18,21-26H2,1H3,(H,35,42)(H,38,39)(H,40,41)(H,43,44)/t27-/m0/s1. The number of carboxylic acids is 3. The van der Waals surface area contributed by atoms with Crippen molar-refractivity contribution >= 4 is 29.7 Å². The molecule has 44 heavy (non-hydrogen) atoms. The lowest BCUT2D eigenvalue weighted by Gasteiger charge is -2.23. The number of aliphatic carboxylic acids is 3. The fraction of sp³-hybridized carbons (Fsp3) is 0.676. The Hall–Kier alpha value is -3.43. The van der Waals surface area contributed by atoms with Gasteiger partial charge in [0.25, 0.3) is 5.91 Å². The van der Waals surface area contributed by atoms with Gasteiger partial charge in [-0.25, -0.2) is 0 Å². The molecule has 0 spiro atoms. The first-order valence-corrected chi connectivity index (χ1v) is 16.4. The first kappa shape index (κ1) is 38.6. The molecule has 0 fully saturated rings. The number of nitrogens with one attached hydrogen (secondary N) is 1. The van der Waals surface area contributed by atoms with Crippen molar-refractivity contribution < 1.29 is 39.3 Å². The number of unbranched alkanes of at least 4 members (excludes halogenated alkanes) is 12. The van der Waals surface area contributed by atoms with Crippen LogP contribution in [0.3, 0.4) is 0 Å². The van der Waals surface area contributed by atoms with E-state index in [9.17, 15) is 29.1 Å². The highest BCUT2D eigenvalue weighted by atomic mass is 16.4. The van der Waals surface area contributed by atoms with Gasteiger partial charge in [-0.1, -0.05) is 95.8 Å². The maximum absolute atomic E-state index is 13.1. The zero-order chi connectivity index (χ0) is 32.6. The number of amides is 2. The summed E-state index contributed by atoms with van der Waals surface area (Å²) in [4.78, 5) is 60.2. The van der Waals surface area contributed by atoms with Crippen LogP contribution in [-0.4, -0.2) is 63.0 Å². The lowest BCUT2D eigenvalue weighted by molar-refractivity contribution is -0.141. The minimum absolute atomic E-state index is 0.0748. The van der Waals surface area contributed by atoms with E-state index in [1.807, 2.05) is 0 Å². The van der Waals surface area contributed by atoms with Gasteiger partial charge < -0.3 is 25.5 Å². The summed E-state index contributed by atoms with van der Waals surface area (Å²) in [6, 6.07) is 7.02. The molecule has 0 aliphatic rings. The highest BCUT2D eigenvalue weighted by Gasteiger charge is 2.19. The van der Waals surface area contributed by atoms with Gasteiger partial charge in [0.2, 0.25) is 5.91 Å². The Bertz CT molecular complexity index is 1010. The Kier molecular flexibility index (Phi) is 21.0. The Balaban J connectivity index is 2.42. The molecule has 4 N–H and O–H groups in total. The van der Waals surface area contributed by atoms with E-state index >= 15 is 0 Å². The van der Waals surface area contributed by atoms with Crippen LogP contribution in [0, 0.1) is 5.92 Å². The number of rotatable bonds is 27. The topological polar surface area (TPSA) is 161 Å². The molecule has 10 heteroatoms. The molecule has 2 amide bonds. The van der Waals surface area contributed by atoms with E-state index in [1.165, 1.54) is 24.2 Å². The summed E-state index contributed by atoms with van der Waals surface area (Å²) < 4.78 is 0. The van der Waals surface area contributed by atoms with Crippen LogP contribution in [0.15, 0.2) is 24.3 Å². The zero-order valence-electron chi connectivity index (χ0n) is 26.6. The van der Waals surface area contributed by atoms with Crippen LogP contribution in [0.1, 0.15) is 138 Å². The Labute approximate surface area is 262 Å².